The van der Waals surface area contributed by atoms with Gasteiger partial charge in [-0.05, 0) is 153 Å². The summed E-state index contributed by atoms with van der Waals surface area (Å²) in [6.45, 7) is 10.1. The molecule has 0 spiro atoms. The van der Waals surface area contributed by atoms with E-state index in [0.29, 0.717) is 19.3 Å². The fraction of sp³-hybridized carbons (Fsp3) is 0.730. The molecule has 3 fully saturated rings. The van der Waals surface area contributed by atoms with Gasteiger partial charge in [0.05, 0.1) is 12.6 Å². The molecule has 0 aromatic carbocycles. The first kappa shape index (κ1) is 104. The van der Waals surface area contributed by atoms with E-state index in [1.54, 1.807) is 41.5 Å². The monoisotopic (exact) mass is 1730 g/mol. The van der Waals surface area contributed by atoms with Crippen molar-refractivity contribution in [2.24, 2.45) is 122 Å². The molecule has 0 saturated carbocycles. The zero-order chi connectivity index (χ0) is 91.5. The minimum absolute atomic E-state index is 0.00851. The highest BCUT2D eigenvalue weighted by molar-refractivity contribution is 6.01. The van der Waals surface area contributed by atoms with Gasteiger partial charge in [0, 0.05) is 52.4 Å². The Labute approximate surface area is 710 Å². The van der Waals surface area contributed by atoms with Gasteiger partial charge < -0.3 is 153 Å². The van der Waals surface area contributed by atoms with Crippen molar-refractivity contribution in [2.45, 2.75) is 262 Å². The lowest BCUT2D eigenvalue weighted by atomic mass is 9.96. The van der Waals surface area contributed by atoms with Gasteiger partial charge in [0.2, 0.25) is 82.7 Å². The first-order valence-corrected chi connectivity index (χ1v) is 41.5. The smallest absolute Gasteiger partial charge is 0.246 e. The van der Waals surface area contributed by atoms with Gasteiger partial charge in [-0.2, -0.15) is 0 Å². The van der Waals surface area contributed by atoms with Gasteiger partial charge in [-0.3, -0.25) is 97.1 Å². The zero-order valence-electron chi connectivity index (χ0n) is 71.3. The molecule has 3 saturated heterocycles. The molecule has 3 aliphatic heterocycles. The molecule has 0 bridgehead atoms. The molecule has 0 unspecified atom stereocenters. The number of unbranched alkanes of at least 4 members (excludes halogenated alkanes) is 1. The number of nitrogens with zero attached hydrogens (tertiary/aromatic N) is 8. The highest BCUT2D eigenvalue weighted by Gasteiger charge is 2.46. The number of guanidine groups is 6. The lowest BCUT2D eigenvalue weighted by Crippen LogP contribution is -2.62. The van der Waals surface area contributed by atoms with Crippen molar-refractivity contribution in [1.82, 2.24) is 73.6 Å². The number of aliphatic hydroxyl groups excluding tert-OH is 1. The maximum absolute atomic E-state index is 15.1. The van der Waals surface area contributed by atoms with Gasteiger partial charge in [0.15, 0.2) is 35.8 Å². The molecule has 39 N–H and O–H groups in total. The van der Waals surface area contributed by atoms with Crippen LogP contribution in [0.3, 0.4) is 0 Å². The van der Waals surface area contributed by atoms with E-state index in [9.17, 15) is 62.6 Å². The molecule has 3 rings (SSSR count). The van der Waals surface area contributed by atoms with E-state index in [4.69, 9.17) is 74.5 Å². The van der Waals surface area contributed by atoms with Crippen molar-refractivity contribution in [3.8, 4) is 0 Å². The van der Waals surface area contributed by atoms with Crippen LogP contribution < -0.4 is 138 Å². The van der Waals surface area contributed by atoms with Crippen molar-refractivity contribution in [3.63, 3.8) is 0 Å². The Morgan fingerprint density at radius 2 is 0.631 bits per heavy atom. The average molecular weight is 1730 g/mol. The van der Waals surface area contributed by atoms with Crippen LogP contribution in [0.5, 0.6) is 0 Å². The molecule has 14 amide bonds. The second-order valence-electron chi connectivity index (χ2n) is 31.1. The minimum atomic E-state index is -1.88. The van der Waals surface area contributed by atoms with E-state index in [-0.39, 0.29) is 204 Å². The standard InChI is InChI=1S/C74H137N33O15/c1-8-40(6)54-65(119)101-47(24-15-33-92-73(84)85)60(114)103-53(39(4)5)68(122)107-36-18-27-50(107)67(121)106-35-17-26-49(106)63(117)98-46(23-14-32-91-72(82)83)59(113)102-52(38(2)3)64(118)100-48(25-16-34-93-74(86)87)62(116)105-55(41(7)108)66(120)99-42(20-11-29-88-69(76)77)56(110)94-37-51(109)95-43(19-9-10-28-75)57(111)96-44(21-12-30-89-70(78)79)58(112)97-45(61(115)104-54)22-13-31-90-71(80)81/h38-50,52-55,108H,8-37,75H2,1-7H3,(H,94,110)(H,95,109)(H,96,111)(H,97,112)(H,98,117)(H,99,120)(H,100,118)(H,101,119)(H,102,113)(H,103,114)(H,104,115)(H,105,116)(H4,76,77,88)(H4,78,79,89)(H4,80,81,90)(H4,82,83,91)(H4,84,85,92)(H4,86,87,93)/t40-,41+,42-,43-,44-,45-,46-,47-,48-,49-,50+,52-,53-,54-,55-/m0/s1. The van der Waals surface area contributed by atoms with Crippen molar-refractivity contribution in [3.05, 3.63) is 0 Å². The lowest BCUT2D eigenvalue weighted by Gasteiger charge is -2.34. The van der Waals surface area contributed by atoms with E-state index in [2.05, 4.69) is 93.8 Å². The third kappa shape index (κ3) is 37.4. The van der Waals surface area contributed by atoms with Crippen LogP contribution in [-0.4, -0.2) is 283 Å². The first-order valence-electron chi connectivity index (χ1n) is 41.5. The number of rotatable bonds is 33. The van der Waals surface area contributed by atoms with Gasteiger partial charge >= 0.3 is 0 Å². The molecule has 0 aromatic rings. The molecule has 122 heavy (non-hydrogen) atoms. The maximum Gasteiger partial charge on any atom is 0.246 e. The van der Waals surface area contributed by atoms with Crippen LogP contribution in [-0.2, 0) is 67.1 Å². The summed E-state index contributed by atoms with van der Waals surface area (Å²) in [5, 5.41) is 43.0. The normalized spacial score (nSPS) is 24.7. The molecular weight excluding hydrogens is 1590 g/mol. The summed E-state index contributed by atoms with van der Waals surface area (Å²) in [4.78, 5) is 233. The predicted octanol–water partition coefficient (Wildman–Crippen LogP) is -10.4. The summed E-state index contributed by atoms with van der Waals surface area (Å²) < 4.78 is 0. The number of hydrogen-bond donors (Lipinski definition) is 26. The molecular formula is C74H137N33O15. The summed E-state index contributed by atoms with van der Waals surface area (Å²) in [5.41, 5.74) is 73.4. The summed E-state index contributed by atoms with van der Waals surface area (Å²) >= 11 is 0. The van der Waals surface area contributed by atoms with Crippen LogP contribution in [0.1, 0.15) is 177 Å². The molecule has 15 atom stereocenters. The SMILES string of the molecule is CC[C@H](C)[C@@H]1NC(=O)[C@H](CCCN=C(N)N)NC(=O)[C@H](CCCN=C(N)N)NC(=O)[C@H](CCCCN)NC(=O)CNC(=O)[C@H](CCCN=C(N)N)NC(=O)[C@H]([C@@H](C)O)NC(=O)[C@H](CCCN=C(N)N)NC(=O)[C@H](C(C)C)NC(=O)[C@H](CCCN=C(N)N)NC(=O)[C@@H]2CCCN2C(=O)[C@H]2CCCN2C(=O)[C@H](C(C)C)NC(=O)[C@H](CCCN=C(N)N)NC1=O. The lowest BCUT2D eigenvalue weighted by molar-refractivity contribution is -0.148. The number of carbonyl (C=O) groups is 14. The van der Waals surface area contributed by atoms with E-state index in [1.165, 1.54) is 9.80 Å². The number of fused-ring (bicyclic) bond motifs is 2. The van der Waals surface area contributed by atoms with Gasteiger partial charge in [-0.15, -0.1) is 0 Å². The molecule has 0 aromatic heterocycles. The number of carbonyl (C=O) groups excluding carboxylic acids is 14. The quantitative estimate of drug-likeness (QED) is 0.0165. The number of aliphatic hydroxyl groups is 1. The zero-order valence-corrected chi connectivity index (χ0v) is 71.3. The van der Waals surface area contributed by atoms with Gasteiger partial charge in [0.1, 0.15) is 78.5 Å². The molecule has 48 nitrogen and oxygen atoms in total. The number of aliphatic imine (C=N–C) groups is 6. The molecule has 688 valence electrons. The Balaban J connectivity index is 2.37. The summed E-state index contributed by atoms with van der Waals surface area (Å²) in [6, 6.07) is -19.0. The fourth-order valence-corrected chi connectivity index (χ4v) is 13.7. The number of nitrogens with one attached hydrogen (secondary N) is 12. The summed E-state index contributed by atoms with van der Waals surface area (Å²) in [5.74, 6) is -16.4. The van der Waals surface area contributed by atoms with Gasteiger partial charge in [-0.1, -0.05) is 48.0 Å². The second kappa shape index (κ2) is 54.4. The Kier molecular flexibility index (Phi) is 46.5. The van der Waals surface area contributed by atoms with E-state index in [0.717, 1.165) is 6.92 Å². The number of nitrogens with two attached hydrogens (primary N) is 13. The van der Waals surface area contributed by atoms with Gasteiger partial charge in [-0.25, -0.2) is 0 Å². The van der Waals surface area contributed by atoms with E-state index in [1.807, 2.05) is 0 Å². The van der Waals surface area contributed by atoms with Crippen molar-refractivity contribution in [2.75, 3.05) is 65.4 Å². The highest BCUT2D eigenvalue weighted by Crippen LogP contribution is 2.27. The van der Waals surface area contributed by atoms with Crippen LogP contribution in [0.4, 0.5) is 0 Å². The predicted molar refractivity (Wildman–Crippen MR) is 457 cm³/mol. The minimum Gasteiger partial charge on any atom is -0.391 e. The number of amides is 14. The Morgan fingerprint density at radius 3 is 0.984 bits per heavy atom. The number of hydrogen-bond acceptors (Lipinski definition) is 22. The molecule has 0 aliphatic carbocycles. The average Bonchev–Trinajstić information content (AvgIpc) is 1.64. The molecule has 0 radical (unpaired) electrons. The van der Waals surface area contributed by atoms with Crippen LogP contribution in [0.15, 0.2) is 30.0 Å². The third-order valence-electron chi connectivity index (χ3n) is 20.5. The molecule has 3 aliphatic rings. The van der Waals surface area contributed by atoms with Crippen LogP contribution in [0.2, 0.25) is 0 Å². The summed E-state index contributed by atoms with van der Waals surface area (Å²) in [7, 11) is 0. The third-order valence-corrected chi connectivity index (χ3v) is 20.5. The van der Waals surface area contributed by atoms with E-state index < -0.39 is 192 Å². The highest BCUT2D eigenvalue weighted by atomic mass is 16.3. The second-order valence-corrected chi connectivity index (χ2v) is 31.1. The molecule has 48 heteroatoms. The van der Waals surface area contributed by atoms with E-state index >= 15 is 9.59 Å². The largest absolute Gasteiger partial charge is 0.391 e. The topological polar surface area (TPSA) is 822 Å². The maximum atomic E-state index is 15.1. The van der Waals surface area contributed by atoms with Gasteiger partial charge in [0.25, 0.3) is 0 Å². The van der Waals surface area contributed by atoms with Crippen LogP contribution in [0.25, 0.3) is 0 Å². The van der Waals surface area contributed by atoms with Crippen molar-refractivity contribution in [1.29, 1.82) is 0 Å². The van der Waals surface area contributed by atoms with Crippen molar-refractivity contribution < 1.29 is 72.2 Å². The Morgan fingerprint density at radius 1 is 0.344 bits per heavy atom. The van der Waals surface area contributed by atoms with Crippen LogP contribution >= 0.6 is 0 Å². The summed E-state index contributed by atoms with van der Waals surface area (Å²) in [6.07, 6.45) is -0.952. The fourth-order valence-electron chi connectivity index (χ4n) is 13.7. The molecule has 3 heterocycles. The van der Waals surface area contributed by atoms with Crippen LogP contribution in [0, 0.1) is 17.8 Å². The Hall–Kier alpha value is -11.9. The van der Waals surface area contributed by atoms with Crippen molar-refractivity contribution >= 4 is 118 Å². The first-order chi connectivity index (χ1) is 57.6. The Bertz CT molecular complexity index is 3670.